The van der Waals surface area contributed by atoms with Crippen LogP contribution in [0.15, 0.2) is 91.0 Å². The van der Waals surface area contributed by atoms with E-state index in [-0.39, 0.29) is 24.0 Å². The van der Waals surface area contributed by atoms with Gasteiger partial charge in [-0.05, 0) is 48.2 Å². The van der Waals surface area contributed by atoms with Crippen LogP contribution in [0.4, 0.5) is 0 Å². The second kappa shape index (κ2) is 11.9. The average Bonchev–Trinajstić information content (AvgIpc) is 3.26. The Morgan fingerprint density at radius 3 is 1.42 bits per heavy atom. The van der Waals surface area contributed by atoms with E-state index in [1.807, 2.05) is 0 Å². The fourth-order valence-corrected chi connectivity index (χ4v) is 9.95. The van der Waals surface area contributed by atoms with Gasteiger partial charge in [-0.3, -0.25) is 0 Å². The van der Waals surface area contributed by atoms with Gasteiger partial charge in [0.15, 0.2) is 5.79 Å². The van der Waals surface area contributed by atoms with E-state index in [0.29, 0.717) is 25.0 Å². The van der Waals surface area contributed by atoms with Gasteiger partial charge in [0.25, 0.3) is 0 Å². The van der Waals surface area contributed by atoms with Crippen LogP contribution in [0, 0.1) is 11.8 Å². The lowest BCUT2D eigenvalue weighted by atomic mass is 9.94. The molecule has 1 fully saturated rings. The van der Waals surface area contributed by atoms with E-state index >= 15 is 0 Å². The van der Waals surface area contributed by atoms with Crippen molar-refractivity contribution >= 4 is 23.2 Å². The lowest BCUT2D eigenvalue weighted by Crippen LogP contribution is -3.00. The van der Waals surface area contributed by atoms with Gasteiger partial charge in [-0.15, -0.1) is 0 Å². The average molecular weight is 574 g/mol. The van der Waals surface area contributed by atoms with Gasteiger partial charge in [-0.1, -0.05) is 75.4 Å². The molecule has 1 heterocycles. The van der Waals surface area contributed by atoms with Crippen molar-refractivity contribution in [3.8, 4) is 0 Å². The highest BCUT2D eigenvalue weighted by Gasteiger charge is 2.48. The second-order valence-electron chi connectivity index (χ2n) is 9.51. The molecule has 0 unspecified atom stereocenters. The zero-order valence-corrected chi connectivity index (χ0v) is 23.0. The van der Waals surface area contributed by atoms with Gasteiger partial charge >= 0.3 is 0 Å². The minimum atomic E-state index is -1.84. The SMILES string of the molecule is CC(C)CC1(C[C@@H](C)C[P+](c2ccccc2)(c2ccccc2)c2ccccc2)OCCO1.[I-]. The van der Waals surface area contributed by atoms with Gasteiger partial charge in [0.1, 0.15) is 23.2 Å². The zero-order valence-electron chi connectivity index (χ0n) is 20.0. The summed E-state index contributed by atoms with van der Waals surface area (Å²) in [4.78, 5) is 0. The highest BCUT2D eigenvalue weighted by Crippen LogP contribution is 2.57. The Hall–Kier alpha value is -1.26. The molecule has 4 heteroatoms. The molecule has 0 spiro atoms. The molecule has 2 nitrogen and oxygen atoms in total. The van der Waals surface area contributed by atoms with Crippen LogP contribution in [0.3, 0.4) is 0 Å². The lowest BCUT2D eigenvalue weighted by Gasteiger charge is -2.35. The minimum Gasteiger partial charge on any atom is -1.00 e. The van der Waals surface area contributed by atoms with Crippen molar-refractivity contribution in [3.05, 3.63) is 91.0 Å². The molecular weight excluding hydrogens is 538 g/mol. The molecule has 33 heavy (non-hydrogen) atoms. The molecule has 1 atom stereocenters. The van der Waals surface area contributed by atoms with Gasteiger partial charge in [0.05, 0.1) is 19.4 Å². The van der Waals surface area contributed by atoms with Crippen molar-refractivity contribution in [1.82, 2.24) is 0 Å². The largest absolute Gasteiger partial charge is 1.00 e. The summed E-state index contributed by atoms with van der Waals surface area (Å²) < 4.78 is 12.5. The van der Waals surface area contributed by atoms with Gasteiger partial charge in [-0.2, -0.15) is 0 Å². The summed E-state index contributed by atoms with van der Waals surface area (Å²) in [5.41, 5.74) is 0. The lowest BCUT2D eigenvalue weighted by molar-refractivity contribution is -0.178. The summed E-state index contributed by atoms with van der Waals surface area (Å²) in [5.74, 6) is 0.547. The Labute approximate surface area is 217 Å². The molecule has 0 aliphatic carbocycles. The zero-order chi connectivity index (χ0) is 22.4. The predicted octanol–water partition coefficient (Wildman–Crippen LogP) is 2.80. The number of ether oxygens (including phenoxy) is 2. The summed E-state index contributed by atoms with van der Waals surface area (Å²) in [5, 5.41) is 4.32. The number of hydrogen-bond acceptors (Lipinski definition) is 2. The van der Waals surface area contributed by atoms with Gasteiger partial charge in [-0.25, -0.2) is 0 Å². The minimum absolute atomic E-state index is 0. The Morgan fingerprint density at radius 1 is 0.667 bits per heavy atom. The second-order valence-corrected chi connectivity index (χ2v) is 13.0. The molecule has 0 amide bonds. The van der Waals surface area contributed by atoms with E-state index in [2.05, 4.69) is 112 Å². The van der Waals surface area contributed by atoms with Gasteiger partial charge in [0, 0.05) is 12.8 Å². The summed E-state index contributed by atoms with van der Waals surface area (Å²) in [6.07, 6.45) is 2.97. The highest BCUT2D eigenvalue weighted by atomic mass is 127. The van der Waals surface area contributed by atoms with Crippen molar-refractivity contribution in [2.75, 3.05) is 19.4 Å². The number of rotatable bonds is 9. The molecule has 0 saturated carbocycles. The van der Waals surface area contributed by atoms with Crippen LogP contribution in [-0.4, -0.2) is 25.2 Å². The van der Waals surface area contributed by atoms with Gasteiger partial charge in [0.2, 0.25) is 0 Å². The van der Waals surface area contributed by atoms with Crippen LogP contribution in [0.25, 0.3) is 0 Å². The smallest absolute Gasteiger partial charge is 0.169 e. The summed E-state index contributed by atoms with van der Waals surface area (Å²) in [6, 6.07) is 33.4. The molecule has 176 valence electrons. The Kier molecular flexibility index (Phi) is 9.52. The van der Waals surface area contributed by atoms with Crippen molar-refractivity contribution in [1.29, 1.82) is 0 Å². The third kappa shape index (κ3) is 6.06. The molecule has 1 saturated heterocycles. The summed E-state index contributed by atoms with van der Waals surface area (Å²) >= 11 is 0. The fourth-order valence-electron chi connectivity index (χ4n) is 5.31. The van der Waals surface area contributed by atoms with Crippen LogP contribution in [0.2, 0.25) is 0 Å². The van der Waals surface area contributed by atoms with Gasteiger partial charge < -0.3 is 33.5 Å². The van der Waals surface area contributed by atoms with Crippen LogP contribution in [-0.2, 0) is 9.47 Å². The predicted molar refractivity (Wildman–Crippen MR) is 138 cm³/mol. The normalized spacial score (nSPS) is 16.4. The van der Waals surface area contributed by atoms with E-state index < -0.39 is 13.0 Å². The molecule has 1 aliphatic rings. The first-order chi connectivity index (χ1) is 15.5. The van der Waals surface area contributed by atoms with E-state index in [9.17, 15) is 0 Å². The monoisotopic (exact) mass is 574 g/mol. The first-order valence-corrected chi connectivity index (χ1v) is 13.8. The first-order valence-electron chi connectivity index (χ1n) is 11.9. The van der Waals surface area contributed by atoms with E-state index in [0.717, 1.165) is 19.0 Å². The first kappa shape index (κ1) is 26.3. The Morgan fingerprint density at radius 2 is 1.06 bits per heavy atom. The van der Waals surface area contributed by atoms with Crippen molar-refractivity contribution < 1.29 is 33.5 Å². The maximum atomic E-state index is 6.24. The third-order valence-electron chi connectivity index (χ3n) is 6.37. The maximum Gasteiger partial charge on any atom is 0.169 e. The third-order valence-corrected chi connectivity index (χ3v) is 11.1. The van der Waals surface area contributed by atoms with Crippen LogP contribution >= 0.6 is 7.26 Å². The Balaban J connectivity index is 0.00000306. The quantitative estimate of drug-likeness (QED) is 0.289. The van der Waals surface area contributed by atoms with Crippen molar-refractivity contribution in [2.24, 2.45) is 11.8 Å². The van der Waals surface area contributed by atoms with Crippen LogP contribution in [0.5, 0.6) is 0 Å². The number of hydrogen-bond donors (Lipinski definition) is 0. The number of benzene rings is 3. The molecule has 3 aromatic carbocycles. The molecule has 3 aromatic rings. The molecule has 0 radical (unpaired) electrons. The fraction of sp³-hybridized carbons (Fsp3) is 0.379. The summed E-state index contributed by atoms with van der Waals surface area (Å²) in [6.45, 7) is 8.31. The van der Waals surface area contributed by atoms with Crippen molar-refractivity contribution in [2.45, 2.75) is 39.4 Å². The highest BCUT2D eigenvalue weighted by molar-refractivity contribution is 7.95. The standard InChI is InChI=1S/C29H36O2P.HI/c1-24(2)21-29(30-19-20-31-29)22-25(3)23-32(26-13-7-4-8-14-26,27-15-9-5-10-16-27)28-17-11-6-12-18-28;/h4-18,24-25H,19-23H2,1-3H3;1H/q+1;/p-1/t25-;/m1./s1. The molecule has 0 bridgehead atoms. The molecule has 1 aliphatic heterocycles. The molecular formula is C29H36IO2P. The molecule has 0 aromatic heterocycles. The Bertz CT molecular complexity index is 860. The van der Waals surface area contributed by atoms with Crippen molar-refractivity contribution in [3.63, 3.8) is 0 Å². The van der Waals surface area contributed by atoms with E-state index in [1.54, 1.807) is 0 Å². The topological polar surface area (TPSA) is 18.5 Å². The molecule has 4 rings (SSSR count). The van der Waals surface area contributed by atoms with Crippen LogP contribution < -0.4 is 39.9 Å². The van der Waals surface area contributed by atoms with E-state index in [1.165, 1.54) is 15.9 Å². The maximum absolute atomic E-state index is 6.24. The van der Waals surface area contributed by atoms with E-state index in [4.69, 9.17) is 9.47 Å². The number of halogens is 1. The molecule has 0 N–H and O–H groups in total. The summed E-state index contributed by atoms with van der Waals surface area (Å²) in [7, 11) is -1.84. The van der Waals surface area contributed by atoms with Crippen LogP contribution in [0.1, 0.15) is 33.6 Å².